The molecule has 0 saturated heterocycles. The maximum absolute atomic E-state index is 12.3. The van der Waals surface area contributed by atoms with E-state index >= 15 is 0 Å². The summed E-state index contributed by atoms with van der Waals surface area (Å²) in [5, 5.41) is 5.81. The maximum Gasteiger partial charge on any atom is 0.251 e. The number of nitrogens with one attached hydrogen (secondary N) is 2. The third kappa shape index (κ3) is 4.69. The highest BCUT2D eigenvalue weighted by atomic mass is 16.2. The molecular weight excluding hydrogens is 300 g/mol. The molecule has 0 radical (unpaired) electrons. The van der Waals surface area contributed by atoms with Gasteiger partial charge in [-0.25, -0.2) is 0 Å². The second kappa shape index (κ2) is 7.30. The largest absolute Gasteiger partial charge is 0.346 e. The molecule has 0 aliphatic rings. The molecule has 1 unspecified atom stereocenters. The van der Waals surface area contributed by atoms with Gasteiger partial charge in [0.25, 0.3) is 5.91 Å². The van der Waals surface area contributed by atoms with Crippen LogP contribution in [0.1, 0.15) is 49.7 Å². The van der Waals surface area contributed by atoms with Crippen LogP contribution in [0.3, 0.4) is 0 Å². The van der Waals surface area contributed by atoms with Crippen LogP contribution in [0.15, 0.2) is 54.6 Å². The molecule has 2 aromatic rings. The van der Waals surface area contributed by atoms with E-state index in [-0.39, 0.29) is 17.9 Å². The zero-order valence-electron chi connectivity index (χ0n) is 14.6. The van der Waals surface area contributed by atoms with Gasteiger partial charge < -0.3 is 10.6 Å². The van der Waals surface area contributed by atoms with Crippen LogP contribution in [-0.2, 0) is 4.79 Å². The van der Waals surface area contributed by atoms with E-state index in [1.54, 1.807) is 24.3 Å². The van der Waals surface area contributed by atoms with Gasteiger partial charge >= 0.3 is 0 Å². The summed E-state index contributed by atoms with van der Waals surface area (Å²) < 4.78 is 0. The normalized spacial score (nSPS) is 12.3. The number of rotatable bonds is 4. The number of hydrogen-bond donors (Lipinski definition) is 2. The molecule has 0 fully saturated rings. The van der Waals surface area contributed by atoms with Crippen LogP contribution in [0.25, 0.3) is 0 Å². The van der Waals surface area contributed by atoms with Crippen molar-refractivity contribution >= 4 is 17.5 Å². The van der Waals surface area contributed by atoms with E-state index in [1.807, 2.05) is 58.0 Å². The van der Waals surface area contributed by atoms with Gasteiger partial charge in [0, 0.05) is 16.7 Å². The van der Waals surface area contributed by atoms with E-state index in [0.29, 0.717) is 11.3 Å². The van der Waals surface area contributed by atoms with Crippen LogP contribution in [0.5, 0.6) is 0 Å². The smallest absolute Gasteiger partial charge is 0.251 e. The fourth-order valence-corrected chi connectivity index (χ4v) is 2.13. The summed E-state index contributed by atoms with van der Waals surface area (Å²) in [5.74, 6) is -0.197. The summed E-state index contributed by atoms with van der Waals surface area (Å²) in [4.78, 5) is 24.3. The van der Waals surface area contributed by atoms with E-state index in [1.165, 1.54) is 0 Å². The zero-order chi connectivity index (χ0) is 17.7. The lowest BCUT2D eigenvalue weighted by Gasteiger charge is -2.18. The average Bonchev–Trinajstić information content (AvgIpc) is 2.55. The number of amides is 2. The Morgan fingerprint density at radius 3 is 2.04 bits per heavy atom. The van der Waals surface area contributed by atoms with Crippen LogP contribution in [0.2, 0.25) is 0 Å². The molecule has 2 aromatic carbocycles. The quantitative estimate of drug-likeness (QED) is 0.887. The number of anilines is 1. The molecule has 0 saturated carbocycles. The molecule has 2 N–H and O–H groups in total. The van der Waals surface area contributed by atoms with Crippen molar-refractivity contribution in [3.8, 4) is 0 Å². The summed E-state index contributed by atoms with van der Waals surface area (Å²) in [7, 11) is 0. The molecule has 126 valence electrons. The average molecular weight is 324 g/mol. The van der Waals surface area contributed by atoms with Gasteiger partial charge in [-0.15, -0.1) is 0 Å². The molecule has 2 rings (SSSR count). The molecule has 0 aliphatic heterocycles. The summed E-state index contributed by atoms with van der Waals surface area (Å²) in [5.41, 5.74) is 1.84. The fourth-order valence-electron chi connectivity index (χ4n) is 2.13. The minimum absolute atomic E-state index is 0.0580. The van der Waals surface area contributed by atoms with Crippen molar-refractivity contribution in [2.75, 3.05) is 5.32 Å². The summed E-state index contributed by atoms with van der Waals surface area (Å²) in [6.07, 6.45) is 0. The number of hydrogen-bond acceptors (Lipinski definition) is 2. The molecule has 0 aromatic heterocycles. The van der Waals surface area contributed by atoms with Gasteiger partial charge in [-0.3, -0.25) is 9.59 Å². The van der Waals surface area contributed by atoms with E-state index in [9.17, 15) is 9.59 Å². The molecule has 0 bridgehead atoms. The zero-order valence-corrected chi connectivity index (χ0v) is 14.6. The van der Waals surface area contributed by atoms with Crippen molar-refractivity contribution in [2.24, 2.45) is 5.41 Å². The van der Waals surface area contributed by atoms with Crippen molar-refractivity contribution in [3.05, 3.63) is 65.7 Å². The Morgan fingerprint density at radius 1 is 0.917 bits per heavy atom. The standard InChI is InChI=1S/C20H24N2O2/c1-14(15-8-6-5-7-9-15)21-18(23)16-10-12-17(13-11-16)22-19(24)20(2,3)4/h5-14H,1-4H3,(H,21,23)(H,22,24). The first-order valence-electron chi connectivity index (χ1n) is 8.04. The molecule has 1 atom stereocenters. The van der Waals surface area contributed by atoms with Gasteiger partial charge in [0.1, 0.15) is 0 Å². The van der Waals surface area contributed by atoms with Crippen LogP contribution in [-0.4, -0.2) is 11.8 Å². The number of carbonyl (C=O) groups excluding carboxylic acids is 2. The van der Waals surface area contributed by atoms with Gasteiger partial charge in [0.15, 0.2) is 0 Å². The lowest BCUT2D eigenvalue weighted by Crippen LogP contribution is -2.28. The topological polar surface area (TPSA) is 58.2 Å². The Bertz CT molecular complexity index is 701. The SMILES string of the molecule is CC(NC(=O)c1ccc(NC(=O)C(C)(C)C)cc1)c1ccccc1. The van der Waals surface area contributed by atoms with Gasteiger partial charge in [-0.2, -0.15) is 0 Å². The Morgan fingerprint density at radius 2 is 1.50 bits per heavy atom. The van der Waals surface area contributed by atoms with Crippen molar-refractivity contribution < 1.29 is 9.59 Å². The third-order valence-electron chi connectivity index (χ3n) is 3.73. The first kappa shape index (κ1) is 17.7. The number of carbonyl (C=O) groups is 2. The van der Waals surface area contributed by atoms with Crippen molar-refractivity contribution in [2.45, 2.75) is 33.7 Å². The minimum atomic E-state index is -0.457. The Kier molecular flexibility index (Phi) is 5.39. The third-order valence-corrected chi connectivity index (χ3v) is 3.73. The van der Waals surface area contributed by atoms with Gasteiger partial charge in [-0.05, 0) is 36.8 Å². The first-order chi connectivity index (χ1) is 11.3. The van der Waals surface area contributed by atoms with Crippen molar-refractivity contribution in [3.63, 3.8) is 0 Å². The van der Waals surface area contributed by atoms with Gasteiger partial charge in [0.2, 0.25) is 5.91 Å². The maximum atomic E-state index is 12.3. The minimum Gasteiger partial charge on any atom is -0.346 e. The Labute approximate surface area is 143 Å². The Balaban J connectivity index is 2.00. The molecule has 0 spiro atoms. The van der Waals surface area contributed by atoms with Crippen LogP contribution >= 0.6 is 0 Å². The van der Waals surface area contributed by atoms with Crippen LogP contribution in [0, 0.1) is 5.41 Å². The molecule has 0 aliphatic carbocycles. The molecule has 0 heterocycles. The molecular formula is C20H24N2O2. The van der Waals surface area contributed by atoms with E-state index in [2.05, 4.69) is 10.6 Å². The first-order valence-corrected chi connectivity index (χ1v) is 8.04. The fraction of sp³-hybridized carbons (Fsp3) is 0.300. The lowest BCUT2D eigenvalue weighted by molar-refractivity contribution is -0.123. The monoisotopic (exact) mass is 324 g/mol. The highest BCUT2D eigenvalue weighted by Gasteiger charge is 2.21. The van der Waals surface area contributed by atoms with Gasteiger partial charge in [0.05, 0.1) is 6.04 Å². The lowest BCUT2D eigenvalue weighted by atomic mass is 9.95. The van der Waals surface area contributed by atoms with Gasteiger partial charge in [-0.1, -0.05) is 51.1 Å². The predicted molar refractivity (Wildman–Crippen MR) is 96.8 cm³/mol. The highest BCUT2D eigenvalue weighted by molar-refractivity contribution is 5.97. The second-order valence-electron chi connectivity index (χ2n) is 6.89. The number of benzene rings is 2. The molecule has 4 nitrogen and oxygen atoms in total. The van der Waals surface area contributed by atoms with Crippen LogP contribution in [0.4, 0.5) is 5.69 Å². The molecule has 2 amide bonds. The van der Waals surface area contributed by atoms with E-state index in [0.717, 1.165) is 5.56 Å². The van der Waals surface area contributed by atoms with Crippen molar-refractivity contribution in [1.29, 1.82) is 0 Å². The summed E-state index contributed by atoms with van der Waals surface area (Å²) in [6, 6.07) is 16.7. The second-order valence-corrected chi connectivity index (χ2v) is 6.89. The summed E-state index contributed by atoms with van der Waals surface area (Å²) in [6.45, 7) is 7.52. The summed E-state index contributed by atoms with van der Waals surface area (Å²) >= 11 is 0. The van der Waals surface area contributed by atoms with E-state index in [4.69, 9.17) is 0 Å². The molecule has 4 heteroatoms. The Hall–Kier alpha value is -2.62. The van der Waals surface area contributed by atoms with E-state index < -0.39 is 5.41 Å². The highest BCUT2D eigenvalue weighted by Crippen LogP contribution is 2.18. The predicted octanol–water partition coefficient (Wildman–Crippen LogP) is 4.16. The van der Waals surface area contributed by atoms with Crippen LogP contribution < -0.4 is 10.6 Å². The van der Waals surface area contributed by atoms with Crippen molar-refractivity contribution in [1.82, 2.24) is 5.32 Å². The molecule has 24 heavy (non-hydrogen) atoms.